The van der Waals surface area contributed by atoms with Gasteiger partial charge in [0.15, 0.2) is 5.43 Å². The van der Waals surface area contributed by atoms with E-state index < -0.39 is 0 Å². The van der Waals surface area contributed by atoms with Crippen LogP contribution in [0.3, 0.4) is 0 Å². The molecule has 0 fully saturated rings. The summed E-state index contributed by atoms with van der Waals surface area (Å²) in [6.45, 7) is 1.82. The second-order valence-electron chi connectivity index (χ2n) is 3.10. The Hall–Kier alpha value is -0.990. The van der Waals surface area contributed by atoms with Crippen molar-refractivity contribution in [1.82, 2.24) is 4.98 Å². The van der Waals surface area contributed by atoms with Crippen molar-refractivity contribution >= 4 is 34.1 Å². The summed E-state index contributed by atoms with van der Waals surface area (Å²) in [4.78, 5) is 14.7. The maximum absolute atomic E-state index is 11.6. The van der Waals surface area contributed by atoms with Gasteiger partial charge < -0.3 is 4.98 Å². The highest BCUT2D eigenvalue weighted by Gasteiger charge is 2.07. The zero-order chi connectivity index (χ0) is 10.3. The first kappa shape index (κ1) is 9.56. The van der Waals surface area contributed by atoms with Gasteiger partial charge >= 0.3 is 0 Å². The lowest BCUT2D eigenvalue weighted by Crippen LogP contribution is -2.03. The maximum Gasteiger partial charge on any atom is 0.191 e. The number of hydrogen-bond acceptors (Lipinski definition) is 1. The second-order valence-corrected chi connectivity index (χ2v) is 3.89. The molecule has 1 aromatic carbocycles. The minimum Gasteiger partial charge on any atom is -0.358 e. The van der Waals surface area contributed by atoms with Gasteiger partial charge in [0.1, 0.15) is 0 Å². The molecule has 0 amide bonds. The van der Waals surface area contributed by atoms with E-state index in [2.05, 4.69) is 4.98 Å². The first-order valence-electron chi connectivity index (χ1n) is 4.07. The molecule has 1 heterocycles. The van der Waals surface area contributed by atoms with Crippen LogP contribution in [-0.2, 0) is 0 Å². The third-order valence-electron chi connectivity index (χ3n) is 2.02. The molecule has 0 saturated carbocycles. The predicted molar refractivity (Wildman–Crippen MR) is 59.3 cm³/mol. The van der Waals surface area contributed by atoms with Crippen molar-refractivity contribution in [2.45, 2.75) is 6.92 Å². The van der Waals surface area contributed by atoms with E-state index in [9.17, 15) is 4.79 Å². The molecule has 0 aliphatic rings. The Bertz CT molecular complexity index is 560. The highest BCUT2D eigenvalue weighted by atomic mass is 35.5. The van der Waals surface area contributed by atoms with E-state index >= 15 is 0 Å². The standard InChI is InChI=1S/C10H7Cl2NO/c1-5-4-8(14)9-7(13-5)3-2-6(11)10(9)12/h2-4H,1H3,(H,13,14). The number of rotatable bonds is 0. The molecule has 0 spiro atoms. The van der Waals surface area contributed by atoms with Gasteiger partial charge in [0.25, 0.3) is 0 Å². The minimum absolute atomic E-state index is 0.108. The Morgan fingerprint density at radius 2 is 2.00 bits per heavy atom. The molecule has 2 rings (SSSR count). The average molecular weight is 228 g/mol. The summed E-state index contributed by atoms with van der Waals surface area (Å²) in [6.07, 6.45) is 0. The van der Waals surface area contributed by atoms with Gasteiger partial charge in [-0.3, -0.25) is 4.79 Å². The van der Waals surface area contributed by atoms with Crippen LogP contribution in [0.4, 0.5) is 0 Å². The molecule has 2 nitrogen and oxygen atoms in total. The van der Waals surface area contributed by atoms with Gasteiger partial charge in [-0.2, -0.15) is 0 Å². The molecule has 4 heteroatoms. The smallest absolute Gasteiger partial charge is 0.191 e. The fraction of sp³-hybridized carbons (Fsp3) is 0.100. The fourth-order valence-corrected chi connectivity index (χ4v) is 1.83. The second kappa shape index (κ2) is 3.30. The number of H-pyrrole nitrogens is 1. The molecule has 0 atom stereocenters. The van der Waals surface area contributed by atoms with E-state index in [1.807, 2.05) is 6.92 Å². The first-order valence-corrected chi connectivity index (χ1v) is 4.83. The number of benzene rings is 1. The van der Waals surface area contributed by atoms with Crippen molar-refractivity contribution in [2.24, 2.45) is 0 Å². The molecule has 1 N–H and O–H groups in total. The van der Waals surface area contributed by atoms with Gasteiger partial charge in [-0.05, 0) is 19.1 Å². The lowest BCUT2D eigenvalue weighted by molar-refractivity contribution is 1.24. The zero-order valence-corrected chi connectivity index (χ0v) is 8.91. The summed E-state index contributed by atoms with van der Waals surface area (Å²) in [5.41, 5.74) is 1.41. The van der Waals surface area contributed by atoms with Crippen LogP contribution >= 0.6 is 23.2 Å². The summed E-state index contributed by atoms with van der Waals surface area (Å²) in [5, 5.41) is 1.16. The molecular formula is C10H7Cl2NO. The Morgan fingerprint density at radius 1 is 1.29 bits per heavy atom. The summed E-state index contributed by atoms with van der Waals surface area (Å²) in [5.74, 6) is 0. The van der Waals surface area contributed by atoms with Crippen molar-refractivity contribution in [3.8, 4) is 0 Å². The largest absolute Gasteiger partial charge is 0.358 e. The Morgan fingerprint density at radius 3 is 2.71 bits per heavy atom. The molecule has 1 aromatic heterocycles. The topological polar surface area (TPSA) is 32.9 Å². The van der Waals surface area contributed by atoms with Gasteiger partial charge in [-0.15, -0.1) is 0 Å². The molecule has 2 aromatic rings. The maximum atomic E-state index is 11.6. The Balaban J connectivity index is 3.03. The van der Waals surface area contributed by atoms with Gasteiger partial charge in [-0.25, -0.2) is 0 Å². The van der Waals surface area contributed by atoms with Crippen molar-refractivity contribution in [3.63, 3.8) is 0 Å². The van der Waals surface area contributed by atoms with E-state index in [0.717, 1.165) is 5.69 Å². The normalized spacial score (nSPS) is 10.8. The SMILES string of the molecule is Cc1cc(=O)c2c(Cl)c(Cl)ccc2[nH]1. The molecule has 0 saturated heterocycles. The van der Waals surface area contributed by atoms with Crippen LogP contribution in [0.5, 0.6) is 0 Å². The van der Waals surface area contributed by atoms with Gasteiger partial charge in [0.2, 0.25) is 0 Å². The van der Waals surface area contributed by atoms with Crippen molar-refractivity contribution in [2.75, 3.05) is 0 Å². The highest BCUT2D eigenvalue weighted by Crippen LogP contribution is 2.27. The summed E-state index contributed by atoms with van der Waals surface area (Å²) in [6, 6.07) is 4.92. The van der Waals surface area contributed by atoms with Crippen LogP contribution in [0.25, 0.3) is 10.9 Å². The van der Waals surface area contributed by atoms with E-state index in [0.29, 0.717) is 20.9 Å². The number of aromatic nitrogens is 1. The zero-order valence-electron chi connectivity index (χ0n) is 7.40. The van der Waals surface area contributed by atoms with Crippen LogP contribution in [0.15, 0.2) is 23.0 Å². The number of aryl methyl sites for hydroxylation is 1. The fourth-order valence-electron chi connectivity index (χ4n) is 1.41. The third kappa shape index (κ3) is 1.41. The molecule has 0 aliphatic heterocycles. The average Bonchev–Trinajstić information content (AvgIpc) is 2.10. The van der Waals surface area contributed by atoms with Gasteiger partial charge in [0, 0.05) is 11.8 Å². The third-order valence-corrected chi connectivity index (χ3v) is 2.82. The van der Waals surface area contributed by atoms with Gasteiger partial charge in [-0.1, -0.05) is 23.2 Å². The minimum atomic E-state index is -0.108. The number of fused-ring (bicyclic) bond motifs is 1. The molecule has 72 valence electrons. The summed E-state index contributed by atoms with van der Waals surface area (Å²) >= 11 is 11.7. The molecule has 0 radical (unpaired) electrons. The lowest BCUT2D eigenvalue weighted by Gasteiger charge is -2.02. The highest BCUT2D eigenvalue weighted by molar-refractivity contribution is 6.45. The number of hydrogen-bond donors (Lipinski definition) is 1. The van der Waals surface area contributed by atoms with Crippen molar-refractivity contribution < 1.29 is 0 Å². The predicted octanol–water partition coefficient (Wildman–Crippen LogP) is 3.14. The number of halogens is 2. The summed E-state index contributed by atoms with van der Waals surface area (Å²) in [7, 11) is 0. The number of aromatic amines is 1. The Labute approximate surface area is 90.5 Å². The Kier molecular flexibility index (Phi) is 2.25. The van der Waals surface area contributed by atoms with Crippen molar-refractivity contribution in [3.05, 3.63) is 44.2 Å². The van der Waals surface area contributed by atoms with E-state index in [1.165, 1.54) is 6.07 Å². The van der Waals surface area contributed by atoms with Crippen LogP contribution in [0.2, 0.25) is 10.0 Å². The quantitative estimate of drug-likeness (QED) is 0.738. The van der Waals surface area contributed by atoms with Crippen LogP contribution in [0, 0.1) is 6.92 Å². The lowest BCUT2D eigenvalue weighted by atomic mass is 10.2. The van der Waals surface area contributed by atoms with Gasteiger partial charge in [0.05, 0.1) is 20.9 Å². The molecular weight excluding hydrogens is 221 g/mol. The van der Waals surface area contributed by atoms with E-state index in [1.54, 1.807) is 12.1 Å². The molecule has 0 unspecified atom stereocenters. The summed E-state index contributed by atoms with van der Waals surface area (Å²) < 4.78 is 0. The molecule has 14 heavy (non-hydrogen) atoms. The van der Waals surface area contributed by atoms with Crippen molar-refractivity contribution in [1.29, 1.82) is 0 Å². The molecule has 0 bridgehead atoms. The van der Waals surface area contributed by atoms with Crippen LogP contribution in [-0.4, -0.2) is 4.98 Å². The number of pyridine rings is 1. The van der Waals surface area contributed by atoms with E-state index in [-0.39, 0.29) is 5.43 Å². The van der Waals surface area contributed by atoms with Crippen LogP contribution < -0.4 is 5.43 Å². The molecule has 0 aliphatic carbocycles. The number of nitrogens with one attached hydrogen (secondary N) is 1. The van der Waals surface area contributed by atoms with E-state index in [4.69, 9.17) is 23.2 Å². The first-order chi connectivity index (χ1) is 6.59. The monoisotopic (exact) mass is 227 g/mol. The van der Waals surface area contributed by atoms with Crippen LogP contribution in [0.1, 0.15) is 5.69 Å².